The molecule has 0 aliphatic rings. The topological polar surface area (TPSA) is 121 Å². The summed E-state index contributed by atoms with van der Waals surface area (Å²) in [6.45, 7) is -0.209. The molecule has 0 radical (unpaired) electrons. The molecule has 2 N–H and O–H groups in total. The normalized spacial score (nSPS) is 12.3. The van der Waals surface area contributed by atoms with Crippen molar-refractivity contribution in [2.24, 2.45) is 0 Å². The van der Waals surface area contributed by atoms with Gasteiger partial charge >= 0.3 is 12.1 Å². The standard InChI is InChI=1S/C30H28F4N6O5/c1-42-20-10-9-18(22(13-20)43-2)14-36-29-38-25-21(11-19(31)12-23(25)44-3)27-37-24(39-40(27)29)15-35-26(30(32,33)34)16-5-7-17(8-6-16)28(41)45-4/h5-13,26,35H,14-15H2,1-4H3,(H,36,38). The highest BCUT2D eigenvalue weighted by Crippen LogP contribution is 2.34. The maximum atomic E-state index is 14.5. The summed E-state index contributed by atoms with van der Waals surface area (Å²) in [5.41, 5.74) is 1.13. The number of nitrogens with zero attached hydrogens (tertiary/aromatic N) is 4. The molecule has 0 bridgehead atoms. The van der Waals surface area contributed by atoms with Gasteiger partial charge in [0.05, 0.1) is 45.9 Å². The third kappa shape index (κ3) is 6.52. The van der Waals surface area contributed by atoms with Crippen molar-refractivity contribution in [2.75, 3.05) is 33.8 Å². The molecular weight excluding hydrogens is 600 g/mol. The number of aromatic nitrogens is 4. The van der Waals surface area contributed by atoms with Crippen LogP contribution in [0.25, 0.3) is 16.6 Å². The summed E-state index contributed by atoms with van der Waals surface area (Å²) in [6, 6.07) is 10.4. The van der Waals surface area contributed by atoms with Gasteiger partial charge in [-0.25, -0.2) is 19.2 Å². The third-order valence-corrected chi connectivity index (χ3v) is 6.96. The molecule has 0 amide bonds. The first kappa shape index (κ1) is 31.3. The van der Waals surface area contributed by atoms with Crippen molar-refractivity contribution in [3.8, 4) is 17.2 Å². The fourth-order valence-corrected chi connectivity index (χ4v) is 4.75. The molecule has 2 heterocycles. The van der Waals surface area contributed by atoms with Crippen LogP contribution in [-0.4, -0.2) is 60.2 Å². The van der Waals surface area contributed by atoms with Crippen molar-refractivity contribution in [1.82, 2.24) is 24.9 Å². The zero-order chi connectivity index (χ0) is 32.3. The van der Waals surface area contributed by atoms with Gasteiger partial charge in [-0.05, 0) is 35.9 Å². The Morgan fingerprint density at radius 3 is 2.29 bits per heavy atom. The van der Waals surface area contributed by atoms with E-state index >= 15 is 0 Å². The predicted molar refractivity (Wildman–Crippen MR) is 155 cm³/mol. The second kappa shape index (κ2) is 12.8. The summed E-state index contributed by atoms with van der Waals surface area (Å²) < 4.78 is 78.9. The number of alkyl halides is 3. The summed E-state index contributed by atoms with van der Waals surface area (Å²) in [4.78, 5) is 20.8. The van der Waals surface area contributed by atoms with E-state index in [1.807, 2.05) is 0 Å². The van der Waals surface area contributed by atoms with Gasteiger partial charge in [-0.2, -0.15) is 17.7 Å². The second-order valence-corrected chi connectivity index (χ2v) is 9.70. The highest BCUT2D eigenvalue weighted by Gasteiger charge is 2.40. The molecule has 3 aromatic carbocycles. The predicted octanol–water partition coefficient (Wildman–Crippen LogP) is 5.23. The van der Waals surface area contributed by atoms with Gasteiger partial charge in [-0.1, -0.05) is 12.1 Å². The number of rotatable bonds is 11. The third-order valence-electron chi connectivity index (χ3n) is 6.96. The fourth-order valence-electron chi connectivity index (χ4n) is 4.75. The van der Waals surface area contributed by atoms with Crippen LogP contribution in [0, 0.1) is 5.82 Å². The molecule has 15 heteroatoms. The van der Waals surface area contributed by atoms with E-state index in [-0.39, 0.29) is 51.7 Å². The average Bonchev–Trinajstić information content (AvgIpc) is 3.47. The number of esters is 1. The highest BCUT2D eigenvalue weighted by molar-refractivity contribution is 5.96. The Morgan fingerprint density at radius 1 is 0.911 bits per heavy atom. The van der Waals surface area contributed by atoms with Crippen LogP contribution in [-0.2, 0) is 17.8 Å². The highest BCUT2D eigenvalue weighted by atomic mass is 19.4. The molecule has 0 aliphatic carbocycles. The summed E-state index contributed by atoms with van der Waals surface area (Å²) in [6.07, 6.45) is -4.69. The molecule has 0 spiro atoms. The van der Waals surface area contributed by atoms with Crippen LogP contribution in [0.15, 0.2) is 54.6 Å². The largest absolute Gasteiger partial charge is 0.497 e. The summed E-state index contributed by atoms with van der Waals surface area (Å²) >= 11 is 0. The molecule has 236 valence electrons. The molecule has 0 saturated carbocycles. The fraction of sp³-hybridized carbons (Fsp3) is 0.267. The number of halogens is 4. The van der Waals surface area contributed by atoms with Crippen molar-refractivity contribution in [2.45, 2.75) is 25.3 Å². The molecular formula is C30H28F4N6O5. The van der Waals surface area contributed by atoms with Crippen LogP contribution in [0.4, 0.5) is 23.5 Å². The Labute approximate surface area is 254 Å². The lowest BCUT2D eigenvalue weighted by Crippen LogP contribution is -2.34. The summed E-state index contributed by atoms with van der Waals surface area (Å²) in [7, 11) is 5.60. The molecule has 2 aromatic heterocycles. The van der Waals surface area contributed by atoms with Gasteiger partial charge in [-0.3, -0.25) is 5.32 Å². The zero-order valence-corrected chi connectivity index (χ0v) is 24.5. The van der Waals surface area contributed by atoms with Crippen molar-refractivity contribution >= 4 is 28.5 Å². The number of anilines is 1. The molecule has 1 unspecified atom stereocenters. The second-order valence-electron chi connectivity index (χ2n) is 9.70. The first-order valence-electron chi connectivity index (χ1n) is 13.4. The van der Waals surface area contributed by atoms with E-state index in [1.165, 1.54) is 69.4 Å². The lowest BCUT2D eigenvalue weighted by Gasteiger charge is -2.21. The molecule has 5 rings (SSSR count). The summed E-state index contributed by atoms with van der Waals surface area (Å²) in [5, 5.41) is 10.3. The van der Waals surface area contributed by atoms with Crippen molar-refractivity contribution in [1.29, 1.82) is 0 Å². The van der Waals surface area contributed by atoms with Crippen LogP contribution in [0.5, 0.6) is 17.2 Å². The molecule has 1 atom stereocenters. The first-order valence-corrected chi connectivity index (χ1v) is 13.4. The molecule has 0 saturated heterocycles. The van der Waals surface area contributed by atoms with E-state index in [0.29, 0.717) is 11.5 Å². The Balaban J connectivity index is 1.51. The van der Waals surface area contributed by atoms with Gasteiger partial charge in [0, 0.05) is 24.2 Å². The van der Waals surface area contributed by atoms with Crippen LogP contribution in [0.1, 0.15) is 33.4 Å². The number of carbonyl (C=O) groups is 1. The minimum atomic E-state index is -4.69. The van der Waals surface area contributed by atoms with Crippen LogP contribution in [0.2, 0.25) is 0 Å². The average molecular weight is 629 g/mol. The molecule has 11 nitrogen and oxygen atoms in total. The van der Waals surface area contributed by atoms with E-state index in [0.717, 1.165) is 5.56 Å². The molecule has 5 aromatic rings. The van der Waals surface area contributed by atoms with Crippen LogP contribution in [0.3, 0.4) is 0 Å². The van der Waals surface area contributed by atoms with E-state index in [2.05, 4.69) is 30.4 Å². The van der Waals surface area contributed by atoms with Crippen LogP contribution < -0.4 is 24.8 Å². The minimum absolute atomic E-state index is 0.0157. The number of ether oxygens (including phenoxy) is 4. The molecule has 45 heavy (non-hydrogen) atoms. The number of carbonyl (C=O) groups excluding carboxylic acids is 1. The van der Waals surface area contributed by atoms with Gasteiger partial charge < -0.3 is 24.3 Å². The van der Waals surface area contributed by atoms with Crippen molar-refractivity contribution < 1.29 is 41.3 Å². The number of methoxy groups -OCH3 is 4. The molecule has 0 fully saturated rings. The minimum Gasteiger partial charge on any atom is -0.497 e. The smallest absolute Gasteiger partial charge is 0.407 e. The van der Waals surface area contributed by atoms with E-state index < -0.39 is 30.5 Å². The maximum absolute atomic E-state index is 14.5. The van der Waals surface area contributed by atoms with Gasteiger partial charge in [0.2, 0.25) is 5.95 Å². The van der Waals surface area contributed by atoms with Gasteiger partial charge in [0.1, 0.15) is 34.6 Å². The lowest BCUT2D eigenvalue weighted by molar-refractivity contribution is -0.158. The van der Waals surface area contributed by atoms with Crippen molar-refractivity contribution in [3.05, 3.63) is 82.9 Å². The van der Waals surface area contributed by atoms with E-state index in [1.54, 1.807) is 18.2 Å². The number of nitrogens with one attached hydrogen (secondary N) is 2. The number of fused-ring (bicyclic) bond motifs is 3. The SMILES string of the molecule is COC(=O)c1ccc(C(NCc2nc3c4cc(F)cc(OC)c4nc(NCc4ccc(OC)cc4OC)n3n2)C(F)(F)F)cc1. The quantitative estimate of drug-likeness (QED) is 0.149. The number of benzene rings is 3. The van der Waals surface area contributed by atoms with E-state index in [9.17, 15) is 22.4 Å². The van der Waals surface area contributed by atoms with Gasteiger partial charge in [0.15, 0.2) is 11.5 Å². The maximum Gasteiger partial charge on any atom is 0.407 e. The van der Waals surface area contributed by atoms with Gasteiger partial charge in [0.25, 0.3) is 0 Å². The Morgan fingerprint density at radius 2 is 1.64 bits per heavy atom. The molecule has 0 aliphatic heterocycles. The number of hydrogen-bond acceptors (Lipinski definition) is 10. The Hall–Kier alpha value is -5.18. The Kier molecular flexibility index (Phi) is 8.90. The van der Waals surface area contributed by atoms with Gasteiger partial charge in [-0.15, -0.1) is 5.10 Å². The zero-order valence-electron chi connectivity index (χ0n) is 24.5. The summed E-state index contributed by atoms with van der Waals surface area (Å²) in [5.74, 6) is 0.131. The monoisotopic (exact) mass is 628 g/mol. The number of hydrogen-bond donors (Lipinski definition) is 2. The van der Waals surface area contributed by atoms with E-state index in [4.69, 9.17) is 14.2 Å². The Bertz CT molecular complexity index is 1850. The first-order chi connectivity index (χ1) is 21.6. The van der Waals surface area contributed by atoms with Crippen molar-refractivity contribution in [3.63, 3.8) is 0 Å². The van der Waals surface area contributed by atoms with Crippen LogP contribution >= 0.6 is 0 Å². The lowest BCUT2D eigenvalue weighted by atomic mass is 10.0.